The van der Waals surface area contributed by atoms with Crippen molar-refractivity contribution in [2.75, 3.05) is 6.54 Å². The number of aromatic nitrogens is 1. The molecule has 0 fully saturated rings. The molecule has 1 heterocycles. The van der Waals surface area contributed by atoms with Crippen LogP contribution < -0.4 is 5.32 Å². The lowest BCUT2D eigenvalue weighted by Crippen LogP contribution is -2.23. The maximum atomic E-state index is 4.42. The first-order chi connectivity index (χ1) is 9.20. The zero-order valence-corrected chi connectivity index (χ0v) is 12.9. The fraction of sp³-hybridized carbons (Fsp3) is 0.312. The third kappa shape index (κ3) is 3.88. The Labute approximate surface area is 123 Å². The number of pyridine rings is 1. The second kappa shape index (κ2) is 6.83. The average molecular weight is 319 g/mol. The maximum Gasteiger partial charge on any atom is 0.0422 e. The zero-order chi connectivity index (χ0) is 13.7. The summed E-state index contributed by atoms with van der Waals surface area (Å²) >= 11 is 3.67. The molecule has 2 aromatic rings. The summed E-state index contributed by atoms with van der Waals surface area (Å²) in [5.41, 5.74) is 3.67. The Bertz CT molecular complexity index is 526. The molecule has 0 amide bonds. The molecule has 2 rings (SSSR count). The van der Waals surface area contributed by atoms with Crippen molar-refractivity contribution in [3.63, 3.8) is 0 Å². The lowest BCUT2D eigenvalue weighted by Gasteiger charge is -2.19. The van der Waals surface area contributed by atoms with Crippen LogP contribution in [-0.4, -0.2) is 11.5 Å². The van der Waals surface area contributed by atoms with Crippen molar-refractivity contribution in [2.24, 2.45) is 0 Å². The first-order valence-electron chi connectivity index (χ1n) is 6.60. The summed E-state index contributed by atoms with van der Waals surface area (Å²) in [7, 11) is 0. The van der Waals surface area contributed by atoms with E-state index < -0.39 is 0 Å². The summed E-state index contributed by atoms with van der Waals surface area (Å²) in [6.07, 6.45) is 2.75. The zero-order valence-electron chi connectivity index (χ0n) is 11.4. The molecule has 1 unspecified atom stereocenters. The van der Waals surface area contributed by atoms with Gasteiger partial charge in [-0.05, 0) is 42.8 Å². The molecular weight excluding hydrogens is 300 g/mol. The topological polar surface area (TPSA) is 24.9 Å². The molecule has 0 saturated carbocycles. The average Bonchev–Trinajstić information content (AvgIpc) is 2.39. The fourth-order valence-corrected chi connectivity index (χ4v) is 2.95. The van der Waals surface area contributed by atoms with Gasteiger partial charge in [-0.3, -0.25) is 4.98 Å². The van der Waals surface area contributed by atoms with Crippen LogP contribution in [0.15, 0.2) is 47.1 Å². The Kier molecular flexibility index (Phi) is 5.11. The molecule has 1 atom stereocenters. The van der Waals surface area contributed by atoms with Crippen LogP contribution >= 0.6 is 15.9 Å². The van der Waals surface area contributed by atoms with Crippen molar-refractivity contribution in [3.05, 3.63) is 63.9 Å². The van der Waals surface area contributed by atoms with Crippen LogP contribution in [0.25, 0.3) is 0 Å². The fourth-order valence-electron chi connectivity index (χ4n) is 2.18. The molecule has 0 aliphatic heterocycles. The Hall–Kier alpha value is -1.19. The van der Waals surface area contributed by atoms with Crippen molar-refractivity contribution in [1.29, 1.82) is 0 Å². The summed E-state index contributed by atoms with van der Waals surface area (Å²) in [5.74, 6) is 0. The highest BCUT2D eigenvalue weighted by molar-refractivity contribution is 9.10. The normalized spacial score (nSPS) is 12.4. The summed E-state index contributed by atoms with van der Waals surface area (Å²) in [4.78, 5) is 4.42. The van der Waals surface area contributed by atoms with Gasteiger partial charge in [0.2, 0.25) is 0 Å². The molecule has 0 aliphatic rings. The van der Waals surface area contributed by atoms with E-state index in [0.717, 1.165) is 23.1 Å². The first kappa shape index (κ1) is 14.2. The largest absolute Gasteiger partial charge is 0.310 e. The van der Waals surface area contributed by atoms with Crippen LogP contribution in [0.3, 0.4) is 0 Å². The van der Waals surface area contributed by atoms with Crippen LogP contribution in [0, 0.1) is 6.92 Å². The van der Waals surface area contributed by atoms with Gasteiger partial charge in [0, 0.05) is 28.8 Å². The number of halogens is 1. The van der Waals surface area contributed by atoms with Gasteiger partial charge in [0.1, 0.15) is 0 Å². The Morgan fingerprint density at radius 1 is 1.26 bits per heavy atom. The van der Waals surface area contributed by atoms with Crippen molar-refractivity contribution in [1.82, 2.24) is 10.3 Å². The van der Waals surface area contributed by atoms with E-state index in [-0.39, 0.29) is 6.04 Å². The lowest BCUT2D eigenvalue weighted by molar-refractivity contribution is 0.542. The standard InChI is InChI=1S/C16H19BrN2/c1-3-18-16(11-13-6-4-5-9-19-13)14-8-7-12(2)10-15(14)17/h4-10,16,18H,3,11H2,1-2H3. The highest BCUT2D eigenvalue weighted by Crippen LogP contribution is 2.26. The van der Waals surface area contributed by atoms with Gasteiger partial charge in [-0.15, -0.1) is 0 Å². The SMILES string of the molecule is CCNC(Cc1ccccn1)c1ccc(C)cc1Br. The van der Waals surface area contributed by atoms with Gasteiger partial charge >= 0.3 is 0 Å². The molecule has 19 heavy (non-hydrogen) atoms. The second-order valence-corrected chi connectivity index (χ2v) is 5.51. The minimum atomic E-state index is 0.287. The number of aryl methyl sites for hydroxylation is 1. The summed E-state index contributed by atoms with van der Waals surface area (Å²) < 4.78 is 1.16. The summed E-state index contributed by atoms with van der Waals surface area (Å²) in [6, 6.07) is 12.9. The second-order valence-electron chi connectivity index (χ2n) is 4.66. The van der Waals surface area contributed by atoms with E-state index in [1.54, 1.807) is 0 Å². The van der Waals surface area contributed by atoms with Crippen molar-refractivity contribution < 1.29 is 0 Å². The van der Waals surface area contributed by atoms with Gasteiger partial charge in [-0.25, -0.2) is 0 Å². The monoisotopic (exact) mass is 318 g/mol. The van der Waals surface area contributed by atoms with Crippen LogP contribution in [0.4, 0.5) is 0 Å². The summed E-state index contributed by atoms with van der Waals surface area (Å²) in [6.45, 7) is 5.18. The molecule has 0 radical (unpaired) electrons. The number of benzene rings is 1. The molecule has 0 aliphatic carbocycles. The number of likely N-dealkylation sites (N-methyl/N-ethyl adjacent to an activating group) is 1. The van der Waals surface area contributed by atoms with Crippen molar-refractivity contribution in [3.8, 4) is 0 Å². The van der Waals surface area contributed by atoms with Gasteiger partial charge in [0.05, 0.1) is 0 Å². The van der Waals surface area contributed by atoms with Gasteiger partial charge in [0.15, 0.2) is 0 Å². The van der Waals surface area contributed by atoms with E-state index in [1.807, 2.05) is 18.3 Å². The Morgan fingerprint density at radius 2 is 2.11 bits per heavy atom. The summed E-state index contributed by atoms with van der Waals surface area (Å²) in [5, 5.41) is 3.54. The highest BCUT2D eigenvalue weighted by Gasteiger charge is 2.14. The molecule has 100 valence electrons. The Morgan fingerprint density at radius 3 is 2.74 bits per heavy atom. The van der Waals surface area contributed by atoms with Crippen LogP contribution in [-0.2, 0) is 6.42 Å². The van der Waals surface area contributed by atoms with Gasteiger partial charge in [-0.1, -0.05) is 41.1 Å². The highest BCUT2D eigenvalue weighted by atomic mass is 79.9. The van der Waals surface area contributed by atoms with Gasteiger partial charge in [0.25, 0.3) is 0 Å². The molecule has 1 N–H and O–H groups in total. The van der Waals surface area contributed by atoms with Crippen molar-refractivity contribution >= 4 is 15.9 Å². The van der Waals surface area contributed by atoms with Crippen LogP contribution in [0.2, 0.25) is 0 Å². The third-order valence-electron chi connectivity index (χ3n) is 3.12. The molecule has 1 aromatic carbocycles. The maximum absolute atomic E-state index is 4.42. The molecule has 2 nitrogen and oxygen atoms in total. The molecular formula is C16H19BrN2. The van der Waals surface area contributed by atoms with E-state index >= 15 is 0 Å². The molecule has 0 bridgehead atoms. The minimum Gasteiger partial charge on any atom is -0.310 e. The number of nitrogens with one attached hydrogen (secondary N) is 1. The van der Waals surface area contributed by atoms with E-state index in [1.165, 1.54) is 11.1 Å². The van der Waals surface area contributed by atoms with Crippen LogP contribution in [0.5, 0.6) is 0 Å². The predicted octanol–water partition coefficient (Wildman–Crippen LogP) is 4.05. The van der Waals surface area contributed by atoms with E-state index in [9.17, 15) is 0 Å². The molecule has 3 heteroatoms. The predicted molar refractivity (Wildman–Crippen MR) is 83.2 cm³/mol. The third-order valence-corrected chi connectivity index (χ3v) is 3.81. The minimum absolute atomic E-state index is 0.287. The quantitative estimate of drug-likeness (QED) is 0.899. The molecule has 1 aromatic heterocycles. The van der Waals surface area contributed by atoms with Crippen molar-refractivity contribution in [2.45, 2.75) is 26.3 Å². The Balaban J connectivity index is 2.24. The smallest absolute Gasteiger partial charge is 0.0422 e. The van der Waals surface area contributed by atoms with Gasteiger partial charge < -0.3 is 5.32 Å². The number of rotatable bonds is 5. The number of nitrogens with zero attached hydrogens (tertiary/aromatic N) is 1. The molecule has 0 saturated heterocycles. The van der Waals surface area contributed by atoms with Gasteiger partial charge in [-0.2, -0.15) is 0 Å². The van der Waals surface area contributed by atoms with E-state index in [4.69, 9.17) is 0 Å². The van der Waals surface area contributed by atoms with E-state index in [2.05, 4.69) is 64.3 Å². The number of hydrogen-bond acceptors (Lipinski definition) is 2. The first-order valence-corrected chi connectivity index (χ1v) is 7.39. The molecule has 0 spiro atoms. The number of hydrogen-bond donors (Lipinski definition) is 1. The lowest BCUT2D eigenvalue weighted by atomic mass is 10.0. The van der Waals surface area contributed by atoms with E-state index in [0.29, 0.717) is 0 Å². The van der Waals surface area contributed by atoms with Crippen LogP contribution in [0.1, 0.15) is 29.8 Å².